The lowest BCUT2D eigenvalue weighted by Crippen LogP contribution is -2.13. The molecule has 0 aromatic heterocycles. The highest BCUT2D eigenvalue weighted by atomic mass is 79.9. The average Bonchev–Trinajstić information content (AvgIpc) is 2.33. The van der Waals surface area contributed by atoms with Gasteiger partial charge in [-0.2, -0.15) is 0 Å². The summed E-state index contributed by atoms with van der Waals surface area (Å²) in [7, 11) is -3.78. The van der Waals surface area contributed by atoms with Crippen molar-refractivity contribution in [2.75, 3.05) is 4.72 Å². The Morgan fingerprint density at radius 2 is 1.84 bits per heavy atom. The summed E-state index contributed by atoms with van der Waals surface area (Å²) >= 11 is 8.86. The minimum atomic E-state index is -3.78. The molecule has 2 aromatic carbocycles. The molecule has 0 saturated heterocycles. The molecular weight excluding hydrogens is 354 g/mol. The van der Waals surface area contributed by atoms with Crippen molar-refractivity contribution < 1.29 is 13.5 Å². The van der Waals surface area contributed by atoms with E-state index in [1.165, 1.54) is 24.3 Å². The number of rotatable bonds is 3. The van der Waals surface area contributed by atoms with Gasteiger partial charge in [0.1, 0.15) is 10.6 Å². The van der Waals surface area contributed by atoms with Crippen LogP contribution in [0.2, 0.25) is 5.02 Å². The molecule has 0 atom stereocenters. The third kappa shape index (κ3) is 3.20. The Morgan fingerprint density at radius 3 is 2.47 bits per heavy atom. The van der Waals surface area contributed by atoms with E-state index in [1.54, 1.807) is 18.2 Å². The Balaban J connectivity index is 2.40. The van der Waals surface area contributed by atoms with Gasteiger partial charge in [0.25, 0.3) is 10.0 Å². The van der Waals surface area contributed by atoms with Crippen molar-refractivity contribution >= 4 is 43.2 Å². The van der Waals surface area contributed by atoms with Crippen molar-refractivity contribution in [1.29, 1.82) is 0 Å². The van der Waals surface area contributed by atoms with Crippen LogP contribution in [-0.4, -0.2) is 13.5 Å². The van der Waals surface area contributed by atoms with E-state index in [1.807, 2.05) is 0 Å². The lowest BCUT2D eigenvalue weighted by atomic mass is 10.3. The monoisotopic (exact) mass is 361 g/mol. The van der Waals surface area contributed by atoms with Gasteiger partial charge in [-0.15, -0.1) is 0 Å². The average molecular weight is 363 g/mol. The number of halogens is 2. The largest absolute Gasteiger partial charge is 0.506 e. The van der Waals surface area contributed by atoms with E-state index in [2.05, 4.69) is 20.7 Å². The quantitative estimate of drug-likeness (QED) is 0.820. The summed E-state index contributed by atoms with van der Waals surface area (Å²) in [5, 5.41) is 9.97. The van der Waals surface area contributed by atoms with Gasteiger partial charge in [-0.25, -0.2) is 8.42 Å². The Bertz CT molecular complexity index is 719. The molecule has 2 rings (SSSR count). The number of benzene rings is 2. The molecule has 4 nitrogen and oxygen atoms in total. The number of hydrogen-bond acceptors (Lipinski definition) is 3. The Hall–Kier alpha value is -1.24. The molecule has 0 fully saturated rings. The molecule has 0 radical (unpaired) electrons. The van der Waals surface area contributed by atoms with Crippen LogP contribution >= 0.6 is 27.5 Å². The first-order valence-electron chi connectivity index (χ1n) is 5.16. The van der Waals surface area contributed by atoms with Crippen LogP contribution in [-0.2, 0) is 10.0 Å². The molecular formula is C12H9BrClNO3S. The van der Waals surface area contributed by atoms with Gasteiger partial charge in [-0.05, 0) is 40.2 Å². The van der Waals surface area contributed by atoms with E-state index >= 15 is 0 Å². The Kier molecular flexibility index (Phi) is 4.03. The summed E-state index contributed by atoms with van der Waals surface area (Å²) in [4.78, 5) is 0.0874. The molecule has 0 aliphatic rings. The van der Waals surface area contributed by atoms with Crippen LogP contribution in [0.5, 0.6) is 5.75 Å². The molecule has 0 saturated carbocycles. The summed E-state index contributed by atoms with van der Waals surface area (Å²) in [6.07, 6.45) is 0. The first-order valence-corrected chi connectivity index (χ1v) is 7.81. The van der Waals surface area contributed by atoms with Crippen LogP contribution in [0.25, 0.3) is 0 Å². The molecule has 7 heteroatoms. The van der Waals surface area contributed by atoms with Crippen molar-refractivity contribution in [3.8, 4) is 5.75 Å². The molecule has 0 spiro atoms. The number of nitrogens with one attached hydrogen (secondary N) is 1. The highest BCUT2D eigenvalue weighted by Gasteiger charge is 2.18. The smallest absolute Gasteiger partial charge is 0.263 e. The van der Waals surface area contributed by atoms with E-state index in [9.17, 15) is 13.5 Å². The first-order chi connectivity index (χ1) is 8.90. The lowest BCUT2D eigenvalue weighted by molar-refractivity contribution is 0.477. The summed E-state index contributed by atoms with van der Waals surface area (Å²) in [5.74, 6) is -0.233. The highest BCUT2D eigenvalue weighted by Crippen LogP contribution is 2.30. The predicted octanol–water partition coefficient (Wildman–Crippen LogP) is 3.61. The van der Waals surface area contributed by atoms with Gasteiger partial charge in [0.15, 0.2) is 0 Å². The first kappa shape index (κ1) is 14.2. The van der Waals surface area contributed by atoms with Crippen LogP contribution in [0.4, 0.5) is 5.69 Å². The Labute approximate surface area is 124 Å². The second kappa shape index (κ2) is 5.40. The molecule has 0 heterocycles. The third-order valence-corrected chi connectivity index (χ3v) is 4.94. The van der Waals surface area contributed by atoms with Crippen LogP contribution in [0.1, 0.15) is 0 Å². The van der Waals surface area contributed by atoms with Crippen LogP contribution in [0.3, 0.4) is 0 Å². The standard InChI is InChI=1S/C12H9BrClNO3S/c13-9-3-1-2-4-12(9)19(17,18)15-10-6-5-8(14)7-11(10)16/h1-7,15-16H. The van der Waals surface area contributed by atoms with E-state index in [-0.39, 0.29) is 16.3 Å². The Morgan fingerprint density at radius 1 is 1.16 bits per heavy atom. The van der Waals surface area contributed by atoms with Gasteiger partial charge < -0.3 is 5.11 Å². The fourth-order valence-corrected chi connectivity index (χ4v) is 3.70. The maximum absolute atomic E-state index is 12.2. The zero-order valence-electron chi connectivity index (χ0n) is 9.47. The molecule has 0 aliphatic heterocycles. The maximum atomic E-state index is 12.2. The number of aromatic hydroxyl groups is 1. The van der Waals surface area contributed by atoms with Gasteiger partial charge in [-0.1, -0.05) is 23.7 Å². The molecule has 19 heavy (non-hydrogen) atoms. The molecule has 100 valence electrons. The highest BCUT2D eigenvalue weighted by molar-refractivity contribution is 9.10. The zero-order chi connectivity index (χ0) is 14.0. The summed E-state index contributed by atoms with van der Waals surface area (Å²) < 4.78 is 27.1. The van der Waals surface area contributed by atoms with Crippen molar-refractivity contribution in [2.24, 2.45) is 0 Å². The second-order valence-electron chi connectivity index (χ2n) is 3.70. The van der Waals surface area contributed by atoms with Crippen molar-refractivity contribution in [1.82, 2.24) is 0 Å². The summed E-state index contributed by atoms with van der Waals surface area (Å²) in [6.45, 7) is 0. The van der Waals surface area contributed by atoms with Crippen molar-refractivity contribution in [3.05, 3.63) is 52.0 Å². The molecule has 2 N–H and O–H groups in total. The summed E-state index contributed by atoms with van der Waals surface area (Å²) in [6, 6.07) is 10.5. The fourth-order valence-electron chi connectivity index (χ4n) is 1.45. The second-order valence-corrected chi connectivity index (χ2v) is 6.64. The van der Waals surface area contributed by atoms with E-state index < -0.39 is 10.0 Å². The zero-order valence-corrected chi connectivity index (χ0v) is 12.6. The number of phenolic OH excluding ortho intramolecular Hbond substituents is 1. The minimum absolute atomic E-state index is 0.0696. The SMILES string of the molecule is O=S(=O)(Nc1ccc(Cl)cc1O)c1ccccc1Br. The molecule has 0 amide bonds. The summed E-state index contributed by atoms with van der Waals surface area (Å²) in [5.41, 5.74) is 0.0696. The third-order valence-electron chi connectivity index (χ3n) is 2.33. The minimum Gasteiger partial charge on any atom is -0.506 e. The lowest BCUT2D eigenvalue weighted by Gasteiger charge is -2.10. The van der Waals surface area contributed by atoms with Crippen LogP contribution < -0.4 is 4.72 Å². The predicted molar refractivity (Wildman–Crippen MR) is 78.1 cm³/mol. The number of hydrogen-bond donors (Lipinski definition) is 2. The number of anilines is 1. The number of sulfonamides is 1. The van der Waals surface area contributed by atoms with Gasteiger partial charge in [-0.3, -0.25) is 4.72 Å². The van der Waals surface area contributed by atoms with Gasteiger partial charge in [0, 0.05) is 15.6 Å². The van der Waals surface area contributed by atoms with Crippen LogP contribution in [0.15, 0.2) is 51.8 Å². The van der Waals surface area contributed by atoms with E-state index in [4.69, 9.17) is 11.6 Å². The molecule has 0 unspecified atom stereocenters. The molecule has 0 bridgehead atoms. The van der Waals surface area contributed by atoms with Crippen molar-refractivity contribution in [3.63, 3.8) is 0 Å². The van der Waals surface area contributed by atoms with E-state index in [0.29, 0.717) is 9.50 Å². The van der Waals surface area contributed by atoms with Gasteiger partial charge in [0.05, 0.1) is 5.69 Å². The van der Waals surface area contributed by atoms with E-state index in [0.717, 1.165) is 0 Å². The topological polar surface area (TPSA) is 66.4 Å². The normalized spacial score (nSPS) is 11.3. The molecule has 2 aromatic rings. The fraction of sp³-hybridized carbons (Fsp3) is 0. The maximum Gasteiger partial charge on any atom is 0.263 e. The van der Waals surface area contributed by atoms with Gasteiger partial charge in [0.2, 0.25) is 0 Å². The van der Waals surface area contributed by atoms with Gasteiger partial charge >= 0.3 is 0 Å². The van der Waals surface area contributed by atoms with Crippen LogP contribution in [0, 0.1) is 0 Å². The molecule has 0 aliphatic carbocycles. The number of phenols is 1. The van der Waals surface area contributed by atoms with Crippen molar-refractivity contribution in [2.45, 2.75) is 4.90 Å².